The molecule has 0 spiro atoms. The van der Waals surface area contributed by atoms with Crippen LogP contribution in [0.15, 0.2) is 18.2 Å². The van der Waals surface area contributed by atoms with Gasteiger partial charge in [-0.15, -0.1) is 0 Å². The summed E-state index contributed by atoms with van der Waals surface area (Å²) in [4.78, 5) is 2.26. The summed E-state index contributed by atoms with van der Waals surface area (Å²) in [6.07, 6.45) is 0. The van der Waals surface area contributed by atoms with E-state index < -0.39 is 0 Å². The van der Waals surface area contributed by atoms with E-state index in [0.717, 1.165) is 19.6 Å². The van der Waals surface area contributed by atoms with Crippen molar-refractivity contribution < 1.29 is 4.74 Å². The molecule has 0 aliphatic rings. The van der Waals surface area contributed by atoms with E-state index in [-0.39, 0.29) is 5.84 Å². The van der Waals surface area contributed by atoms with Gasteiger partial charge >= 0.3 is 0 Å². The zero-order valence-corrected chi connectivity index (χ0v) is 11.6. The maximum Gasteiger partial charge on any atom is 0.131 e. The van der Waals surface area contributed by atoms with Crippen molar-refractivity contribution in [2.45, 2.75) is 13.8 Å². The average Bonchev–Trinajstić information content (AvgIpc) is 2.34. The van der Waals surface area contributed by atoms with E-state index >= 15 is 0 Å². The first-order valence-corrected chi connectivity index (χ1v) is 6.46. The highest BCUT2D eigenvalue weighted by Gasteiger charge is 2.11. The van der Waals surface area contributed by atoms with E-state index in [2.05, 4.69) is 18.7 Å². The zero-order valence-electron chi connectivity index (χ0n) is 10.9. The Hall–Kier alpha value is -1.26. The number of nitrogens with two attached hydrogens (primary N) is 1. The predicted octanol–water partition coefficient (Wildman–Crippen LogP) is 2.34. The molecule has 1 rings (SSSR count). The van der Waals surface area contributed by atoms with Crippen molar-refractivity contribution in [3.05, 3.63) is 28.8 Å². The van der Waals surface area contributed by atoms with Crippen LogP contribution in [0.5, 0.6) is 5.75 Å². The highest BCUT2D eigenvalue weighted by molar-refractivity contribution is 6.34. The van der Waals surface area contributed by atoms with Gasteiger partial charge in [0, 0.05) is 6.54 Å². The second-order valence-corrected chi connectivity index (χ2v) is 4.31. The number of rotatable bonds is 7. The number of nitrogens with one attached hydrogen (secondary N) is 1. The third-order valence-electron chi connectivity index (χ3n) is 2.80. The van der Waals surface area contributed by atoms with Gasteiger partial charge in [-0.1, -0.05) is 31.5 Å². The van der Waals surface area contributed by atoms with E-state index in [9.17, 15) is 0 Å². The number of ether oxygens (including phenoxy) is 1. The fourth-order valence-corrected chi connectivity index (χ4v) is 1.98. The first-order valence-electron chi connectivity index (χ1n) is 6.08. The van der Waals surface area contributed by atoms with Crippen molar-refractivity contribution in [3.63, 3.8) is 0 Å². The Bertz CT molecular complexity index is 405. The fourth-order valence-electron chi connectivity index (χ4n) is 1.71. The van der Waals surface area contributed by atoms with Gasteiger partial charge in [0.25, 0.3) is 0 Å². The SMILES string of the molecule is CCN(CC)CCOc1cccc(Cl)c1C(=N)N. The van der Waals surface area contributed by atoms with Gasteiger partial charge in [-0.2, -0.15) is 0 Å². The average molecular weight is 270 g/mol. The van der Waals surface area contributed by atoms with Crippen molar-refractivity contribution in [1.82, 2.24) is 4.90 Å². The molecule has 0 aliphatic carbocycles. The highest BCUT2D eigenvalue weighted by atomic mass is 35.5. The minimum Gasteiger partial charge on any atom is -0.491 e. The third-order valence-corrected chi connectivity index (χ3v) is 3.12. The normalized spacial score (nSPS) is 10.7. The molecule has 0 fully saturated rings. The van der Waals surface area contributed by atoms with Crippen LogP contribution in [0.2, 0.25) is 5.02 Å². The summed E-state index contributed by atoms with van der Waals surface area (Å²) in [5, 5.41) is 7.96. The molecule has 0 amide bonds. The minimum absolute atomic E-state index is 0.0709. The molecule has 4 nitrogen and oxygen atoms in total. The molecule has 18 heavy (non-hydrogen) atoms. The largest absolute Gasteiger partial charge is 0.491 e. The van der Waals surface area contributed by atoms with Gasteiger partial charge < -0.3 is 15.4 Å². The van der Waals surface area contributed by atoms with E-state index in [1.54, 1.807) is 18.2 Å². The summed E-state index contributed by atoms with van der Waals surface area (Å²) in [6.45, 7) is 7.62. The molecule has 0 atom stereocenters. The van der Waals surface area contributed by atoms with Crippen LogP contribution in [0, 0.1) is 5.41 Å². The number of likely N-dealkylation sites (N-methyl/N-ethyl adjacent to an activating group) is 1. The van der Waals surface area contributed by atoms with Gasteiger partial charge in [0.05, 0.1) is 10.6 Å². The lowest BCUT2D eigenvalue weighted by atomic mass is 10.2. The Morgan fingerprint density at radius 3 is 2.61 bits per heavy atom. The number of nitrogens with zero attached hydrogens (tertiary/aromatic N) is 1. The Morgan fingerprint density at radius 2 is 2.06 bits per heavy atom. The van der Waals surface area contributed by atoms with Crippen LogP contribution in [0.1, 0.15) is 19.4 Å². The van der Waals surface area contributed by atoms with Crippen LogP contribution in [0.4, 0.5) is 0 Å². The van der Waals surface area contributed by atoms with Gasteiger partial charge in [-0.25, -0.2) is 0 Å². The fraction of sp³-hybridized carbons (Fsp3) is 0.462. The molecule has 1 aromatic rings. The summed E-state index contributed by atoms with van der Waals surface area (Å²) >= 11 is 6.01. The summed E-state index contributed by atoms with van der Waals surface area (Å²) in [7, 11) is 0. The number of hydrogen-bond donors (Lipinski definition) is 2. The molecule has 0 saturated carbocycles. The molecule has 0 saturated heterocycles. The number of amidine groups is 1. The molecular weight excluding hydrogens is 250 g/mol. The van der Waals surface area contributed by atoms with Crippen molar-refractivity contribution in [2.75, 3.05) is 26.2 Å². The van der Waals surface area contributed by atoms with Gasteiger partial charge in [0.1, 0.15) is 18.2 Å². The summed E-state index contributed by atoms with van der Waals surface area (Å²) in [5.74, 6) is 0.501. The van der Waals surface area contributed by atoms with Gasteiger partial charge in [0.15, 0.2) is 0 Å². The standard InChI is InChI=1S/C13H20ClN3O/c1-3-17(4-2)8-9-18-11-7-5-6-10(14)12(11)13(15)16/h5-7H,3-4,8-9H2,1-2H3,(H3,15,16). The second kappa shape index (κ2) is 7.24. The lowest BCUT2D eigenvalue weighted by molar-refractivity contribution is 0.222. The summed E-state index contributed by atoms with van der Waals surface area (Å²) in [5.41, 5.74) is 5.98. The Balaban J connectivity index is 2.67. The van der Waals surface area contributed by atoms with E-state index in [1.807, 2.05) is 0 Å². The zero-order chi connectivity index (χ0) is 13.5. The smallest absolute Gasteiger partial charge is 0.131 e. The Labute approximate surface area is 113 Å². The molecule has 0 unspecified atom stereocenters. The van der Waals surface area contributed by atoms with Crippen LogP contribution in [-0.2, 0) is 0 Å². The van der Waals surface area contributed by atoms with Crippen LogP contribution in [-0.4, -0.2) is 37.0 Å². The number of halogens is 1. The first kappa shape index (κ1) is 14.8. The number of nitrogen functional groups attached to an aromatic ring is 1. The molecule has 100 valence electrons. The molecular formula is C13H20ClN3O. The van der Waals surface area contributed by atoms with Crippen LogP contribution >= 0.6 is 11.6 Å². The third kappa shape index (κ3) is 3.89. The molecule has 3 N–H and O–H groups in total. The predicted molar refractivity (Wildman–Crippen MR) is 75.8 cm³/mol. The number of benzene rings is 1. The van der Waals surface area contributed by atoms with Crippen LogP contribution in [0.3, 0.4) is 0 Å². The van der Waals surface area contributed by atoms with Gasteiger partial charge in [0.2, 0.25) is 0 Å². The maximum atomic E-state index is 7.51. The quantitative estimate of drug-likeness (QED) is 0.590. The molecule has 0 aliphatic heterocycles. The Kier molecular flexibility index (Phi) is 5.95. The second-order valence-electron chi connectivity index (χ2n) is 3.90. The summed E-state index contributed by atoms with van der Waals surface area (Å²) < 4.78 is 5.67. The highest BCUT2D eigenvalue weighted by Crippen LogP contribution is 2.25. The molecule has 0 heterocycles. The molecule has 1 aromatic carbocycles. The van der Waals surface area contributed by atoms with E-state index in [1.165, 1.54) is 0 Å². The monoisotopic (exact) mass is 269 g/mol. The van der Waals surface area contributed by atoms with Crippen molar-refractivity contribution in [3.8, 4) is 5.75 Å². The van der Waals surface area contributed by atoms with Gasteiger partial charge in [-0.05, 0) is 25.2 Å². The molecule has 0 bridgehead atoms. The lowest BCUT2D eigenvalue weighted by Crippen LogP contribution is -2.28. The van der Waals surface area contributed by atoms with Gasteiger partial charge in [-0.3, -0.25) is 5.41 Å². The van der Waals surface area contributed by atoms with E-state index in [4.69, 9.17) is 27.5 Å². The van der Waals surface area contributed by atoms with Crippen molar-refractivity contribution >= 4 is 17.4 Å². The lowest BCUT2D eigenvalue weighted by Gasteiger charge is -2.19. The molecule has 5 heteroatoms. The maximum absolute atomic E-state index is 7.51. The molecule has 0 radical (unpaired) electrons. The first-order chi connectivity index (χ1) is 8.60. The minimum atomic E-state index is -0.0709. The van der Waals surface area contributed by atoms with Crippen molar-refractivity contribution in [2.24, 2.45) is 5.73 Å². The number of hydrogen-bond acceptors (Lipinski definition) is 3. The van der Waals surface area contributed by atoms with Crippen molar-refractivity contribution in [1.29, 1.82) is 5.41 Å². The van der Waals surface area contributed by atoms with Crippen LogP contribution < -0.4 is 10.5 Å². The Morgan fingerprint density at radius 1 is 1.39 bits per heavy atom. The summed E-state index contributed by atoms with van der Waals surface area (Å²) in [6, 6.07) is 5.28. The molecule has 0 aromatic heterocycles. The van der Waals surface area contributed by atoms with Crippen LogP contribution in [0.25, 0.3) is 0 Å². The topological polar surface area (TPSA) is 62.3 Å². The van der Waals surface area contributed by atoms with E-state index in [0.29, 0.717) is 22.9 Å².